The number of halogens is 2. The summed E-state index contributed by atoms with van der Waals surface area (Å²) in [7, 11) is 4.01. The smallest absolute Gasteiger partial charge is 0.124 e. The molecular weight excluding hydrogens is 291 g/mol. The van der Waals surface area contributed by atoms with Crippen LogP contribution < -0.4 is 5.32 Å². The number of likely N-dealkylation sites (N-methyl/N-ethyl adjacent to an activating group) is 1. The highest BCUT2D eigenvalue weighted by atomic mass is 35.5. The van der Waals surface area contributed by atoms with Crippen LogP contribution in [-0.2, 0) is 0 Å². The van der Waals surface area contributed by atoms with Crippen molar-refractivity contribution in [3.63, 3.8) is 0 Å². The van der Waals surface area contributed by atoms with Gasteiger partial charge in [-0.05, 0) is 50.8 Å². The molecule has 0 saturated carbocycles. The summed E-state index contributed by atoms with van der Waals surface area (Å²) in [6.07, 6.45) is 1.67. The lowest BCUT2D eigenvalue weighted by Gasteiger charge is -2.25. The maximum atomic E-state index is 13.1. The first-order valence-corrected chi connectivity index (χ1v) is 7.25. The van der Waals surface area contributed by atoms with Gasteiger partial charge in [-0.25, -0.2) is 4.39 Å². The molecule has 1 aromatic heterocycles. The Kier molecular flexibility index (Phi) is 5.39. The van der Waals surface area contributed by atoms with Crippen molar-refractivity contribution in [2.45, 2.75) is 19.0 Å². The van der Waals surface area contributed by atoms with E-state index in [4.69, 9.17) is 16.0 Å². The van der Waals surface area contributed by atoms with Crippen molar-refractivity contribution in [3.8, 4) is 0 Å². The van der Waals surface area contributed by atoms with Crippen molar-refractivity contribution in [2.24, 2.45) is 0 Å². The SMILES string of the molecule is CC(NCC(c1ccco1)N(C)C)c1ccc(F)cc1Cl. The molecule has 1 N–H and O–H groups in total. The summed E-state index contributed by atoms with van der Waals surface area (Å²) in [4.78, 5) is 2.09. The molecule has 0 radical (unpaired) electrons. The quantitative estimate of drug-likeness (QED) is 0.873. The highest BCUT2D eigenvalue weighted by Gasteiger charge is 2.18. The number of hydrogen-bond acceptors (Lipinski definition) is 3. The van der Waals surface area contributed by atoms with Gasteiger partial charge in [0.1, 0.15) is 11.6 Å². The van der Waals surface area contributed by atoms with Crippen molar-refractivity contribution in [2.75, 3.05) is 20.6 Å². The second-order valence-corrected chi connectivity index (χ2v) is 5.70. The van der Waals surface area contributed by atoms with Crippen molar-refractivity contribution >= 4 is 11.6 Å². The van der Waals surface area contributed by atoms with E-state index in [1.165, 1.54) is 12.1 Å². The van der Waals surface area contributed by atoms with E-state index in [2.05, 4.69) is 10.2 Å². The fourth-order valence-corrected chi connectivity index (χ4v) is 2.60. The van der Waals surface area contributed by atoms with Gasteiger partial charge in [0.2, 0.25) is 0 Å². The maximum Gasteiger partial charge on any atom is 0.124 e. The number of nitrogens with one attached hydrogen (secondary N) is 1. The van der Waals surface area contributed by atoms with Gasteiger partial charge < -0.3 is 9.73 Å². The summed E-state index contributed by atoms with van der Waals surface area (Å²) in [6.45, 7) is 2.71. The lowest BCUT2D eigenvalue weighted by Crippen LogP contribution is -2.32. The Balaban J connectivity index is 2.03. The molecule has 2 unspecified atom stereocenters. The van der Waals surface area contributed by atoms with Gasteiger partial charge in [0.15, 0.2) is 0 Å². The molecule has 0 spiro atoms. The fraction of sp³-hybridized carbons (Fsp3) is 0.375. The van der Waals surface area contributed by atoms with Crippen molar-refractivity contribution in [3.05, 3.63) is 58.8 Å². The van der Waals surface area contributed by atoms with Gasteiger partial charge in [0.25, 0.3) is 0 Å². The Bertz CT molecular complexity index is 572. The van der Waals surface area contributed by atoms with Gasteiger partial charge in [-0.2, -0.15) is 0 Å². The molecule has 0 aliphatic carbocycles. The molecule has 0 aliphatic heterocycles. The first kappa shape index (κ1) is 16.0. The monoisotopic (exact) mass is 310 g/mol. The number of furan rings is 1. The minimum absolute atomic E-state index is 0.0236. The van der Waals surface area contributed by atoms with Crippen molar-refractivity contribution < 1.29 is 8.81 Å². The molecule has 114 valence electrons. The molecule has 0 fully saturated rings. The normalized spacial score (nSPS) is 14.4. The second-order valence-electron chi connectivity index (χ2n) is 5.29. The molecule has 3 nitrogen and oxygen atoms in total. The summed E-state index contributed by atoms with van der Waals surface area (Å²) >= 11 is 6.09. The van der Waals surface area contributed by atoms with Crippen molar-refractivity contribution in [1.82, 2.24) is 10.2 Å². The standard InChI is InChI=1S/C16H20ClFN2O/c1-11(13-7-6-12(18)9-14(13)17)19-10-15(20(2)3)16-5-4-8-21-16/h4-9,11,15,19H,10H2,1-3H3. The van der Waals surface area contributed by atoms with Crippen LogP contribution in [0.5, 0.6) is 0 Å². The first-order valence-electron chi connectivity index (χ1n) is 6.87. The van der Waals surface area contributed by atoms with E-state index >= 15 is 0 Å². The molecule has 5 heteroatoms. The zero-order valence-electron chi connectivity index (χ0n) is 12.4. The molecule has 0 aliphatic rings. The number of hydrogen-bond donors (Lipinski definition) is 1. The van der Waals surface area contributed by atoms with Crippen LogP contribution in [-0.4, -0.2) is 25.5 Å². The third-order valence-electron chi connectivity index (χ3n) is 3.54. The Morgan fingerprint density at radius 3 is 2.67 bits per heavy atom. The summed E-state index contributed by atoms with van der Waals surface area (Å²) in [6, 6.07) is 8.47. The fourth-order valence-electron chi connectivity index (χ4n) is 2.27. The topological polar surface area (TPSA) is 28.4 Å². The van der Waals surface area contributed by atoms with Crippen LogP contribution in [0, 0.1) is 5.82 Å². The Labute approximate surface area is 129 Å². The third-order valence-corrected chi connectivity index (χ3v) is 3.87. The zero-order chi connectivity index (χ0) is 15.4. The van der Waals surface area contributed by atoms with Gasteiger partial charge in [-0.15, -0.1) is 0 Å². The van der Waals surface area contributed by atoms with Gasteiger partial charge in [0.05, 0.1) is 12.3 Å². The highest BCUT2D eigenvalue weighted by molar-refractivity contribution is 6.31. The summed E-state index contributed by atoms with van der Waals surface area (Å²) < 4.78 is 18.6. The van der Waals surface area contributed by atoms with Crippen LogP contribution in [0.1, 0.15) is 30.3 Å². The summed E-state index contributed by atoms with van der Waals surface area (Å²) in [5.41, 5.74) is 0.884. The molecule has 1 aromatic carbocycles. The maximum absolute atomic E-state index is 13.1. The Hall–Kier alpha value is -1.36. The Morgan fingerprint density at radius 1 is 1.33 bits per heavy atom. The van der Waals surface area contributed by atoms with Gasteiger partial charge in [0, 0.05) is 17.6 Å². The lowest BCUT2D eigenvalue weighted by atomic mass is 10.1. The van der Waals surface area contributed by atoms with E-state index in [9.17, 15) is 4.39 Å². The van der Waals surface area contributed by atoms with Crippen LogP contribution >= 0.6 is 11.6 Å². The van der Waals surface area contributed by atoms with E-state index in [1.807, 2.05) is 33.2 Å². The van der Waals surface area contributed by atoms with Crippen LogP contribution in [0.25, 0.3) is 0 Å². The molecule has 1 heterocycles. The first-order chi connectivity index (χ1) is 9.99. The second kappa shape index (κ2) is 7.07. The lowest BCUT2D eigenvalue weighted by molar-refractivity contribution is 0.245. The minimum atomic E-state index is -0.322. The van der Waals surface area contributed by atoms with E-state index in [-0.39, 0.29) is 17.9 Å². The molecule has 2 atom stereocenters. The van der Waals surface area contributed by atoms with E-state index in [0.717, 1.165) is 11.3 Å². The number of rotatable bonds is 6. The zero-order valence-corrected chi connectivity index (χ0v) is 13.2. The molecule has 21 heavy (non-hydrogen) atoms. The van der Waals surface area contributed by atoms with Crippen LogP contribution in [0.2, 0.25) is 5.02 Å². The largest absolute Gasteiger partial charge is 0.468 e. The Morgan fingerprint density at radius 2 is 2.10 bits per heavy atom. The summed E-state index contributed by atoms with van der Waals surface area (Å²) in [5.74, 6) is 0.586. The predicted octanol–water partition coefficient (Wildman–Crippen LogP) is 4.03. The summed E-state index contributed by atoms with van der Waals surface area (Å²) in [5, 5.41) is 3.86. The number of nitrogens with zero attached hydrogens (tertiary/aromatic N) is 1. The van der Waals surface area contributed by atoms with Gasteiger partial charge in [-0.3, -0.25) is 4.90 Å². The molecule has 0 saturated heterocycles. The van der Waals surface area contributed by atoms with Crippen LogP contribution in [0.3, 0.4) is 0 Å². The molecule has 0 bridgehead atoms. The predicted molar refractivity (Wildman–Crippen MR) is 83.0 cm³/mol. The van der Waals surface area contributed by atoms with Crippen LogP contribution in [0.4, 0.5) is 4.39 Å². The van der Waals surface area contributed by atoms with Crippen molar-refractivity contribution in [1.29, 1.82) is 0 Å². The average molecular weight is 311 g/mol. The minimum Gasteiger partial charge on any atom is -0.468 e. The average Bonchev–Trinajstić information content (AvgIpc) is 2.92. The highest BCUT2D eigenvalue weighted by Crippen LogP contribution is 2.25. The van der Waals surface area contributed by atoms with Crippen LogP contribution in [0.15, 0.2) is 41.0 Å². The number of benzene rings is 1. The van der Waals surface area contributed by atoms with Gasteiger partial charge in [-0.1, -0.05) is 17.7 Å². The van der Waals surface area contributed by atoms with E-state index in [1.54, 1.807) is 12.3 Å². The molecule has 2 aromatic rings. The van der Waals surface area contributed by atoms with Gasteiger partial charge >= 0.3 is 0 Å². The third kappa shape index (κ3) is 4.06. The molecule has 0 amide bonds. The van der Waals surface area contributed by atoms with E-state index < -0.39 is 0 Å². The molecule has 2 rings (SSSR count). The molecular formula is C16H20ClFN2O. The van der Waals surface area contributed by atoms with E-state index in [0.29, 0.717) is 11.6 Å².